The fourth-order valence-corrected chi connectivity index (χ4v) is 1.43. The van der Waals surface area contributed by atoms with Crippen molar-refractivity contribution >= 4 is 0 Å². The summed E-state index contributed by atoms with van der Waals surface area (Å²) in [5.41, 5.74) is 1.32. The Morgan fingerprint density at radius 3 is 2.93 bits per heavy atom. The molecule has 1 aromatic heterocycles. The molecule has 3 nitrogen and oxygen atoms in total. The van der Waals surface area contributed by atoms with E-state index in [9.17, 15) is 0 Å². The number of aryl methyl sites for hydroxylation is 1. The Morgan fingerprint density at radius 1 is 1.50 bits per heavy atom. The molecule has 0 fully saturated rings. The van der Waals surface area contributed by atoms with Crippen molar-refractivity contribution in [2.75, 3.05) is 13.7 Å². The van der Waals surface area contributed by atoms with Gasteiger partial charge >= 0.3 is 0 Å². The van der Waals surface area contributed by atoms with E-state index in [-0.39, 0.29) is 0 Å². The summed E-state index contributed by atoms with van der Waals surface area (Å²) in [7, 11) is 1.97. The van der Waals surface area contributed by atoms with Gasteiger partial charge in [-0.2, -0.15) is 0 Å². The molecule has 0 spiro atoms. The van der Waals surface area contributed by atoms with Gasteiger partial charge in [0.15, 0.2) is 0 Å². The van der Waals surface area contributed by atoms with Crippen LogP contribution in [0.5, 0.6) is 0 Å². The Labute approximate surface area is 85.7 Å². The van der Waals surface area contributed by atoms with Crippen LogP contribution in [0.25, 0.3) is 0 Å². The fourth-order valence-electron chi connectivity index (χ4n) is 1.43. The topological polar surface area (TPSA) is 37.2 Å². The molecule has 2 N–H and O–H groups in total. The maximum atomic E-state index is 8.66. The Balaban J connectivity index is 2.42. The second kappa shape index (κ2) is 5.83. The van der Waals surface area contributed by atoms with Crippen LogP contribution in [0.2, 0.25) is 0 Å². The number of aliphatic hydroxyl groups is 1. The number of unbranched alkanes of at least 4 members (excludes halogenated alkanes) is 1. The maximum absolute atomic E-state index is 8.66. The molecule has 0 aliphatic carbocycles. The fraction of sp³-hybridized carbons (Fsp3) is 0.636. The van der Waals surface area contributed by atoms with Gasteiger partial charge in [-0.1, -0.05) is 0 Å². The van der Waals surface area contributed by atoms with Gasteiger partial charge in [0.1, 0.15) is 0 Å². The zero-order valence-electron chi connectivity index (χ0n) is 9.03. The summed E-state index contributed by atoms with van der Waals surface area (Å²) in [6.45, 7) is 3.44. The van der Waals surface area contributed by atoms with E-state index in [0.717, 1.165) is 19.4 Å². The summed E-state index contributed by atoms with van der Waals surface area (Å²) in [5, 5.41) is 11.9. The molecule has 1 unspecified atom stereocenters. The van der Waals surface area contributed by atoms with Crippen molar-refractivity contribution in [3.63, 3.8) is 0 Å². The Morgan fingerprint density at radius 2 is 2.29 bits per heavy atom. The highest BCUT2D eigenvalue weighted by molar-refractivity contribution is 5.14. The van der Waals surface area contributed by atoms with E-state index >= 15 is 0 Å². The number of nitrogens with one attached hydrogen (secondary N) is 1. The molecule has 0 radical (unpaired) electrons. The predicted octanol–water partition coefficient (Wildman–Crippen LogP) is 1.54. The third-order valence-corrected chi connectivity index (χ3v) is 2.53. The highest BCUT2D eigenvalue weighted by Crippen LogP contribution is 2.12. The molecule has 1 heterocycles. The first-order valence-corrected chi connectivity index (χ1v) is 5.21. The molecule has 0 amide bonds. The number of aromatic nitrogens is 1. The van der Waals surface area contributed by atoms with E-state index in [4.69, 9.17) is 5.11 Å². The van der Waals surface area contributed by atoms with Gasteiger partial charge in [0, 0.05) is 31.6 Å². The van der Waals surface area contributed by atoms with Crippen LogP contribution in [-0.4, -0.2) is 23.3 Å². The molecular formula is C11H20N2O. The standard InChI is InChI=1S/C11H20N2O/c1-10(12-2)11-5-7-13(9-11)6-3-4-8-14/h5,7,9-10,12,14H,3-4,6,8H2,1-2H3. The van der Waals surface area contributed by atoms with Crippen LogP contribution in [0.3, 0.4) is 0 Å². The summed E-state index contributed by atoms with van der Waals surface area (Å²) in [6, 6.07) is 2.55. The predicted molar refractivity (Wildman–Crippen MR) is 58.2 cm³/mol. The molecule has 1 atom stereocenters. The van der Waals surface area contributed by atoms with Crippen molar-refractivity contribution in [2.24, 2.45) is 0 Å². The third kappa shape index (κ3) is 3.16. The normalized spacial score (nSPS) is 13.1. The zero-order valence-corrected chi connectivity index (χ0v) is 9.03. The minimum atomic E-state index is 0.293. The minimum absolute atomic E-state index is 0.293. The minimum Gasteiger partial charge on any atom is -0.396 e. The van der Waals surface area contributed by atoms with E-state index in [1.165, 1.54) is 5.56 Å². The average Bonchev–Trinajstić information content (AvgIpc) is 2.66. The molecule has 0 aromatic carbocycles. The van der Waals surface area contributed by atoms with Crippen molar-refractivity contribution in [1.29, 1.82) is 0 Å². The average molecular weight is 196 g/mol. The molecule has 1 rings (SSSR count). The number of nitrogens with zero attached hydrogens (tertiary/aromatic N) is 1. The lowest BCUT2D eigenvalue weighted by atomic mass is 10.2. The van der Waals surface area contributed by atoms with Gasteiger partial charge in [0.05, 0.1) is 0 Å². The number of hydrogen-bond donors (Lipinski definition) is 2. The third-order valence-electron chi connectivity index (χ3n) is 2.53. The van der Waals surface area contributed by atoms with Gasteiger partial charge < -0.3 is 15.0 Å². The summed E-state index contributed by atoms with van der Waals surface area (Å²) >= 11 is 0. The Bertz CT molecular complexity index is 258. The lowest BCUT2D eigenvalue weighted by Gasteiger charge is -2.07. The van der Waals surface area contributed by atoms with Crippen molar-refractivity contribution in [1.82, 2.24) is 9.88 Å². The lowest BCUT2D eigenvalue weighted by molar-refractivity contribution is 0.281. The van der Waals surface area contributed by atoms with Crippen LogP contribution in [-0.2, 0) is 6.54 Å². The molecule has 0 saturated carbocycles. The van der Waals surface area contributed by atoms with Gasteiger partial charge in [-0.3, -0.25) is 0 Å². The summed E-state index contributed by atoms with van der Waals surface area (Å²) in [5.74, 6) is 0. The molecule has 80 valence electrons. The Kier molecular flexibility index (Phi) is 4.70. The van der Waals surface area contributed by atoms with E-state index in [2.05, 4.69) is 35.3 Å². The molecule has 0 bridgehead atoms. The van der Waals surface area contributed by atoms with Crippen molar-refractivity contribution in [3.8, 4) is 0 Å². The van der Waals surface area contributed by atoms with Crippen molar-refractivity contribution < 1.29 is 5.11 Å². The van der Waals surface area contributed by atoms with Gasteiger partial charge in [-0.15, -0.1) is 0 Å². The highest BCUT2D eigenvalue weighted by atomic mass is 16.2. The van der Waals surface area contributed by atoms with Gasteiger partial charge in [0.2, 0.25) is 0 Å². The van der Waals surface area contributed by atoms with E-state index in [1.54, 1.807) is 0 Å². The summed E-state index contributed by atoms with van der Waals surface area (Å²) in [6.07, 6.45) is 6.19. The van der Waals surface area contributed by atoms with Crippen LogP contribution in [0.4, 0.5) is 0 Å². The molecule has 3 heteroatoms. The Hall–Kier alpha value is -0.800. The quantitative estimate of drug-likeness (QED) is 0.677. The van der Waals surface area contributed by atoms with Crippen molar-refractivity contribution in [3.05, 3.63) is 24.0 Å². The smallest absolute Gasteiger partial charge is 0.0431 e. The SMILES string of the molecule is CNC(C)c1ccn(CCCCO)c1. The number of rotatable bonds is 6. The maximum Gasteiger partial charge on any atom is 0.0431 e. The monoisotopic (exact) mass is 196 g/mol. The first-order chi connectivity index (χ1) is 6.77. The van der Waals surface area contributed by atoms with Gasteiger partial charge in [0.25, 0.3) is 0 Å². The van der Waals surface area contributed by atoms with Gasteiger partial charge in [-0.25, -0.2) is 0 Å². The highest BCUT2D eigenvalue weighted by Gasteiger charge is 2.03. The number of hydrogen-bond acceptors (Lipinski definition) is 2. The first kappa shape index (κ1) is 11.3. The van der Waals surface area contributed by atoms with Crippen molar-refractivity contribution in [2.45, 2.75) is 32.4 Å². The summed E-state index contributed by atoms with van der Waals surface area (Å²) < 4.78 is 2.18. The van der Waals surface area contributed by atoms with Crippen LogP contribution < -0.4 is 5.32 Å². The molecular weight excluding hydrogens is 176 g/mol. The van der Waals surface area contributed by atoms with E-state index in [0.29, 0.717) is 12.6 Å². The largest absolute Gasteiger partial charge is 0.396 e. The van der Waals surface area contributed by atoms with Gasteiger partial charge in [-0.05, 0) is 38.4 Å². The molecule has 14 heavy (non-hydrogen) atoms. The van der Waals surface area contributed by atoms with E-state index in [1.807, 2.05) is 7.05 Å². The van der Waals surface area contributed by atoms with Crippen LogP contribution in [0.1, 0.15) is 31.4 Å². The lowest BCUT2D eigenvalue weighted by Crippen LogP contribution is -2.11. The molecule has 1 aromatic rings. The molecule has 0 aliphatic heterocycles. The zero-order chi connectivity index (χ0) is 10.4. The second-order valence-corrected chi connectivity index (χ2v) is 3.62. The van der Waals surface area contributed by atoms with Crippen LogP contribution >= 0.6 is 0 Å². The molecule has 0 aliphatic rings. The van der Waals surface area contributed by atoms with E-state index < -0.39 is 0 Å². The van der Waals surface area contributed by atoms with Crippen LogP contribution in [0.15, 0.2) is 18.5 Å². The molecule has 0 saturated heterocycles. The summed E-state index contributed by atoms with van der Waals surface area (Å²) in [4.78, 5) is 0. The second-order valence-electron chi connectivity index (χ2n) is 3.62. The number of aliphatic hydroxyl groups excluding tert-OH is 1. The van der Waals surface area contributed by atoms with Crippen LogP contribution in [0, 0.1) is 0 Å². The first-order valence-electron chi connectivity index (χ1n) is 5.21.